The normalized spacial score (nSPS) is 9.93. The Hall–Kier alpha value is -1.90. The lowest BCUT2D eigenvalue weighted by molar-refractivity contribution is 0.111. The molecule has 0 unspecified atom stereocenters. The van der Waals surface area contributed by atoms with Crippen LogP contribution in [0, 0.1) is 17.1 Å². The molecular formula is C8H3F3N2O. The quantitative estimate of drug-likeness (QED) is 0.684. The van der Waals surface area contributed by atoms with Crippen molar-refractivity contribution in [3.8, 4) is 6.07 Å². The van der Waals surface area contributed by atoms with Gasteiger partial charge in [0.05, 0.1) is 5.56 Å². The van der Waals surface area contributed by atoms with E-state index in [2.05, 4.69) is 4.98 Å². The highest BCUT2D eigenvalue weighted by Crippen LogP contribution is 2.23. The number of aldehydes is 1. The van der Waals surface area contributed by atoms with E-state index in [9.17, 15) is 18.0 Å². The maximum absolute atomic E-state index is 13.0. The number of pyridine rings is 1. The lowest BCUT2D eigenvalue weighted by atomic mass is 10.2. The van der Waals surface area contributed by atoms with Crippen molar-refractivity contribution in [2.75, 3.05) is 0 Å². The van der Waals surface area contributed by atoms with Crippen LogP contribution >= 0.6 is 0 Å². The van der Waals surface area contributed by atoms with Gasteiger partial charge in [-0.2, -0.15) is 5.26 Å². The van der Waals surface area contributed by atoms with Crippen molar-refractivity contribution in [3.05, 3.63) is 28.8 Å². The van der Waals surface area contributed by atoms with Crippen LogP contribution in [0.2, 0.25) is 0 Å². The SMILES string of the molecule is N#Cc1cc(C(F)F)c(F)c(C=O)n1. The number of carbonyl (C=O) groups is 1. The minimum Gasteiger partial charge on any atom is -0.296 e. The van der Waals surface area contributed by atoms with Crippen molar-refractivity contribution >= 4 is 6.29 Å². The minimum absolute atomic E-state index is 0.0119. The predicted molar refractivity (Wildman–Crippen MR) is 39.3 cm³/mol. The zero-order valence-electron chi connectivity index (χ0n) is 6.67. The summed E-state index contributed by atoms with van der Waals surface area (Å²) in [6, 6.07) is 2.07. The highest BCUT2D eigenvalue weighted by atomic mass is 19.3. The minimum atomic E-state index is -3.08. The van der Waals surface area contributed by atoms with E-state index in [-0.39, 0.29) is 6.29 Å². The van der Waals surface area contributed by atoms with Gasteiger partial charge < -0.3 is 0 Å². The summed E-state index contributed by atoms with van der Waals surface area (Å²) in [5.74, 6) is -1.38. The Morgan fingerprint density at radius 1 is 1.57 bits per heavy atom. The van der Waals surface area contributed by atoms with Gasteiger partial charge in [0.1, 0.15) is 17.5 Å². The van der Waals surface area contributed by atoms with Gasteiger partial charge in [0.2, 0.25) is 0 Å². The van der Waals surface area contributed by atoms with Crippen LogP contribution in [-0.2, 0) is 0 Å². The third-order valence-electron chi connectivity index (χ3n) is 1.47. The van der Waals surface area contributed by atoms with Gasteiger partial charge in [-0.1, -0.05) is 0 Å². The molecular weight excluding hydrogens is 197 g/mol. The molecule has 0 atom stereocenters. The van der Waals surface area contributed by atoms with Crippen LogP contribution in [-0.4, -0.2) is 11.3 Å². The van der Waals surface area contributed by atoms with E-state index >= 15 is 0 Å². The number of carbonyl (C=O) groups excluding carboxylic acids is 1. The standard InChI is InChI=1S/C8H3F3N2O/c9-7-5(8(10)11)1-4(2-12)13-6(7)3-14/h1,3,8H. The van der Waals surface area contributed by atoms with Gasteiger partial charge in [0.25, 0.3) is 6.43 Å². The molecule has 0 bridgehead atoms. The number of alkyl halides is 2. The molecule has 14 heavy (non-hydrogen) atoms. The first kappa shape index (κ1) is 10.2. The van der Waals surface area contributed by atoms with E-state index in [1.807, 2.05) is 0 Å². The summed E-state index contributed by atoms with van der Waals surface area (Å²) in [6.45, 7) is 0. The van der Waals surface area contributed by atoms with Crippen molar-refractivity contribution in [3.63, 3.8) is 0 Å². The Morgan fingerprint density at radius 3 is 2.64 bits per heavy atom. The number of aromatic nitrogens is 1. The summed E-state index contributed by atoms with van der Waals surface area (Å²) < 4.78 is 37.3. The molecule has 0 fully saturated rings. The van der Waals surface area contributed by atoms with Crippen LogP contribution < -0.4 is 0 Å². The largest absolute Gasteiger partial charge is 0.296 e. The van der Waals surface area contributed by atoms with Crippen LogP contribution in [0.4, 0.5) is 13.2 Å². The van der Waals surface area contributed by atoms with Crippen molar-refractivity contribution in [1.29, 1.82) is 5.26 Å². The van der Waals surface area contributed by atoms with E-state index in [1.54, 1.807) is 0 Å². The maximum Gasteiger partial charge on any atom is 0.266 e. The first-order chi connectivity index (χ1) is 6.60. The molecule has 0 amide bonds. The van der Waals surface area contributed by atoms with Gasteiger partial charge in [0, 0.05) is 0 Å². The first-order valence-electron chi connectivity index (χ1n) is 3.44. The van der Waals surface area contributed by atoms with Crippen molar-refractivity contribution < 1.29 is 18.0 Å². The topological polar surface area (TPSA) is 53.8 Å². The number of nitrogens with zero attached hydrogens (tertiary/aromatic N) is 2. The summed E-state index contributed by atoms with van der Waals surface area (Å²) >= 11 is 0. The highest BCUT2D eigenvalue weighted by molar-refractivity contribution is 5.73. The molecule has 0 saturated carbocycles. The summed E-state index contributed by atoms with van der Waals surface area (Å²) in [7, 11) is 0. The van der Waals surface area contributed by atoms with E-state index < -0.39 is 29.2 Å². The number of hydrogen-bond acceptors (Lipinski definition) is 3. The zero-order valence-corrected chi connectivity index (χ0v) is 6.67. The fraction of sp³-hybridized carbons (Fsp3) is 0.125. The van der Waals surface area contributed by atoms with Crippen LogP contribution in [0.25, 0.3) is 0 Å². The second-order valence-corrected chi connectivity index (χ2v) is 2.33. The highest BCUT2D eigenvalue weighted by Gasteiger charge is 2.18. The average Bonchev–Trinajstić information content (AvgIpc) is 2.17. The number of halogens is 3. The van der Waals surface area contributed by atoms with Gasteiger partial charge in [-0.15, -0.1) is 0 Å². The fourth-order valence-corrected chi connectivity index (χ4v) is 0.864. The lowest BCUT2D eigenvalue weighted by Gasteiger charge is -2.03. The van der Waals surface area contributed by atoms with Crippen molar-refractivity contribution in [1.82, 2.24) is 4.98 Å². The predicted octanol–water partition coefficient (Wildman–Crippen LogP) is 1.84. The Labute approximate surface area is 76.8 Å². The zero-order chi connectivity index (χ0) is 10.7. The molecule has 3 nitrogen and oxygen atoms in total. The summed E-state index contributed by atoms with van der Waals surface area (Å²) in [5, 5.41) is 8.36. The van der Waals surface area contributed by atoms with E-state index in [1.165, 1.54) is 6.07 Å². The van der Waals surface area contributed by atoms with Crippen molar-refractivity contribution in [2.24, 2.45) is 0 Å². The second kappa shape index (κ2) is 3.87. The molecule has 0 radical (unpaired) electrons. The van der Waals surface area contributed by atoms with E-state index in [4.69, 9.17) is 5.26 Å². The van der Waals surface area contributed by atoms with Gasteiger partial charge in [0.15, 0.2) is 12.1 Å². The molecule has 0 aliphatic heterocycles. The van der Waals surface area contributed by atoms with Gasteiger partial charge in [-0.05, 0) is 6.07 Å². The van der Waals surface area contributed by atoms with Crippen LogP contribution in [0.15, 0.2) is 6.07 Å². The number of nitriles is 1. The molecule has 1 aromatic heterocycles. The van der Waals surface area contributed by atoms with Crippen molar-refractivity contribution in [2.45, 2.75) is 6.43 Å². The smallest absolute Gasteiger partial charge is 0.266 e. The van der Waals surface area contributed by atoms with Gasteiger partial charge >= 0.3 is 0 Å². The molecule has 0 spiro atoms. The van der Waals surface area contributed by atoms with Crippen LogP contribution in [0.5, 0.6) is 0 Å². The summed E-state index contributed by atoms with van der Waals surface area (Å²) in [5.41, 5.74) is -2.18. The molecule has 1 heterocycles. The monoisotopic (exact) mass is 200 g/mol. The maximum atomic E-state index is 13.0. The van der Waals surface area contributed by atoms with Crippen LogP contribution in [0.3, 0.4) is 0 Å². The van der Waals surface area contributed by atoms with Gasteiger partial charge in [-0.3, -0.25) is 4.79 Å². The molecule has 1 rings (SSSR count). The molecule has 0 aliphatic rings. The molecule has 0 aromatic carbocycles. The fourth-order valence-electron chi connectivity index (χ4n) is 0.864. The molecule has 0 saturated heterocycles. The molecule has 1 aromatic rings. The number of hydrogen-bond donors (Lipinski definition) is 0. The van der Waals surface area contributed by atoms with Gasteiger partial charge in [-0.25, -0.2) is 18.2 Å². The lowest BCUT2D eigenvalue weighted by Crippen LogP contribution is -2.02. The van der Waals surface area contributed by atoms with E-state index in [0.29, 0.717) is 6.07 Å². The molecule has 0 N–H and O–H groups in total. The molecule has 6 heteroatoms. The first-order valence-corrected chi connectivity index (χ1v) is 3.44. The molecule has 0 aliphatic carbocycles. The third kappa shape index (κ3) is 1.71. The Morgan fingerprint density at radius 2 is 2.21 bits per heavy atom. The number of rotatable bonds is 2. The third-order valence-corrected chi connectivity index (χ3v) is 1.47. The van der Waals surface area contributed by atoms with E-state index in [0.717, 1.165) is 0 Å². The van der Waals surface area contributed by atoms with Crippen LogP contribution in [0.1, 0.15) is 28.2 Å². The summed E-state index contributed by atoms with van der Waals surface area (Å²) in [4.78, 5) is 13.4. The Balaban J connectivity index is 3.43. The Kier molecular flexibility index (Phi) is 2.82. The molecule has 72 valence electrons. The second-order valence-electron chi connectivity index (χ2n) is 2.33. The Bertz CT molecular complexity index is 412. The summed E-state index contributed by atoms with van der Waals surface area (Å²) in [6.07, 6.45) is -3.09. The average molecular weight is 200 g/mol.